The molecule has 1 unspecified atom stereocenters. The number of methoxy groups -OCH3 is 1. The molecule has 1 N–H and O–H groups in total. The first-order chi connectivity index (χ1) is 19.6. The van der Waals surface area contributed by atoms with Gasteiger partial charge in [0, 0.05) is 11.3 Å². The van der Waals surface area contributed by atoms with Crippen LogP contribution in [0.1, 0.15) is 28.4 Å². The molecule has 5 aromatic rings. The first-order valence-corrected chi connectivity index (χ1v) is 13.3. The average molecular weight is 525 g/mol. The molecule has 7 heteroatoms. The zero-order chi connectivity index (χ0) is 27.2. The van der Waals surface area contributed by atoms with Gasteiger partial charge in [0.25, 0.3) is 0 Å². The fraction of sp³-hybridized carbons (Fsp3) is 0.121. The normalized spacial score (nSPS) is 15.4. The molecule has 3 heterocycles. The van der Waals surface area contributed by atoms with Gasteiger partial charge in [0.2, 0.25) is 0 Å². The predicted octanol–water partition coefficient (Wildman–Crippen LogP) is 7.29. The molecule has 0 amide bonds. The third-order valence-corrected chi connectivity index (χ3v) is 7.38. The first-order valence-electron chi connectivity index (χ1n) is 13.3. The molecule has 4 aromatic carbocycles. The molecule has 7 rings (SSSR count). The number of aromatic nitrogens is 2. The van der Waals surface area contributed by atoms with Crippen molar-refractivity contribution in [2.45, 2.75) is 19.9 Å². The number of rotatable bonds is 4. The van der Waals surface area contributed by atoms with Gasteiger partial charge in [0.1, 0.15) is 5.75 Å². The van der Waals surface area contributed by atoms with E-state index in [0.29, 0.717) is 5.84 Å². The van der Waals surface area contributed by atoms with Gasteiger partial charge in [0.15, 0.2) is 17.5 Å². The molecular weight excluding hydrogens is 496 g/mol. The highest BCUT2D eigenvalue weighted by atomic mass is 16.5. The van der Waals surface area contributed by atoms with Gasteiger partial charge in [-0.25, -0.2) is 14.7 Å². The largest absolute Gasteiger partial charge is 0.497 e. The van der Waals surface area contributed by atoms with Gasteiger partial charge in [-0.2, -0.15) is 5.10 Å². The van der Waals surface area contributed by atoms with Crippen molar-refractivity contribution < 1.29 is 4.74 Å². The molecule has 0 saturated heterocycles. The summed E-state index contributed by atoms with van der Waals surface area (Å²) in [6, 6.07) is 34.8. The van der Waals surface area contributed by atoms with Gasteiger partial charge in [-0.05, 0) is 67.9 Å². The summed E-state index contributed by atoms with van der Waals surface area (Å²) in [4.78, 5) is 12.7. The summed E-state index contributed by atoms with van der Waals surface area (Å²) >= 11 is 0. The maximum Gasteiger partial charge on any atom is 0.179 e. The minimum atomic E-state index is -0.146. The molecule has 0 spiro atoms. The van der Waals surface area contributed by atoms with E-state index in [1.54, 1.807) is 7.11 Å². The van der Waals surface area contributed by atoms with Gasteiger partial charge in [-0.3, -0.25) is 0 Å². The minimum Gasteiger partial charge on any atom is -0.497 e. The van der Waals surface area contributed by atoms with Crippen LogP contribution in [0.15, 0.2) is 113 Å². The molecule has 1 atom stereocenters. The van der Waals surface area contributed by atoms with Crippen LogP contribution >= 0.6 is 0 Å². The van der Waals surface area contributed by atoms with Crippen LogP contribution < -0.4 is 15.0 Å². The van der Waals surface area contributed by atoms with Crippen molar-refractivity contribution in [1.82, 2.24) is 9.78 Å². The highest BCUT2D eigenvalue weighted by Crippen LogP contribution is 2.48. The Kier molecular flexibility index (Phi) is 5.70. The van der Waals surface area contributed by atoms with E-state index in [9.17, 15) is 0 Å². The van der Waals surface area contributed by atoms with Crippen molar-refractivity contribution in [3.63, 3.8) is 0 Å². The number of aliphatic imine (C=N–C) groups is 2. The highest BCUT2D eigenvalue weighted by molar-refractivity contribution is 6.51. The quantitative estimate of drug-likeness (QED) is 0.268. The Morgan fingerprint density at radius 3 is 2.25 bits per heavy atom. The fourth-order valence-corrected chi connectivity index (χ4v) is 5.43. The number of benzene rings is 4. The summed E-state index contributed by atoms with van der Waals surface area (Å²) in [6.45, 7) is 4.16. The number of amidine groups is 2. The zero-order valence-electron chi connectivity index (χ0n) is 22.5. The Labute approximate surface area is 233 Å². The summed E-state index contributed by atoms with van der Waals surface area (Å²) in [6.07, 6.45) is 0. The lowest BCUT2D eigenvalue weighted by atomic mass is 9.93. The second-order valence-electron chi connectivity index (χ2n) is 9.99. The second-order valence-corrected chi connectivity index (χ2v) is 9.99. The molecule has 40 heavy (non-hydrogen) atoms. The third kappa shape index (κ3) is 3.94. The molecule has 2 aliphatic rings. The average Bonchev–Trinajstić information content (AvgIpc) is 3.33. The van der Waals surface area contributed by atoms with Gasteiger partial charge >= 0.3 is 0 Å². The summed E-state index contributed by atoms with van der Waals surface area (Å²) in [5, 5.41) is 8.56. The summed E-state index contributed by atoms with van der Waals surface area (Å²) in [7, 11) is 1.67. The van der Waals surface area contributed by atoms with Crippen molar-refractivity contribution in [2.24, 2.45) is 9.98 Å². The van der Waals surface area contributed by atoms with E-state index in [1.165, 1.54) is 5.56 Å². The van der Waals surface area contributed by atoms with Crippen LogP contribution in [0.5, 0.6) is 5.75 Å². The van der Waals surface area contributed by atoms with Crippen molar-refractivity contribution in [3.8, 4) is 11.4 Å². The number of nitrogens with one attached hydrogen (secondary N) is 1. The molecule has 2 aliphatic heterocycles. The molecule has 0 saturated carbocycles. The lowest BCUT2D eigenvalue weighted by Crippen LogP contribution is -2.46. The van der Waals surface area contributed by atoms with E-state index in [1.807, 2.05) is 53.2 Å². The standard InChI is InChI=1S/C33H28N6O/c1-21-13-17-25(18-14-21)39-32-29(22(2)37-39)30(23-9-5-4-6-10-23)38-28-12-8-7-11-27(28)35-31(33(38)36-32)34-24-15-19-26(40-3)20-16-24/h4-20,30H,1-3H3,(H,34,35). The van der Waals surface area contributed by atoms with Crippen LogP contribution in [0.3, 0.4) is 0 Å². The minimum absolute atomic E-state index is 0.146. The molecule has 0 fully saturated rings. The monoisotopic (exact) mass is 524 g/mol. The van der Waals surface area contributed by atoms with Crippen molar-refractivity contribution in [3.05, 3.63) is 126 Å². The molecule has 0 radical (unpaired) electrons. The maximum atomic E-state index is 5.36. The third-order valence-electron chi connectivity index (χ3n) is 7.38. The number of nitrogens with zero attached hydrogens (tertiary/aromatic N) is 5. The van der Waals surface area contributed by atoms with Crippen molar-refractivity contribution >= 4 is 34.6 Å². The van der Waals surface area contributed by atoms with Crippen LogP contribution in [-0.4, -0.2) is 28.6 Å². The number of para-hydroxylation sites is 2. The van der Waals surface area contributed by atoms with Crippen LogP contribution in [0.2, 0.25) is 0 Å². The Morgan fingerprint density at radius 2 is 1.50 bits per heavy atom. The first kappa shape index (κ1) is 23.9. The van der Waals surface area contributed by atoms with Crippen molar-refractivity contribution in [1.29, 1.82) is 0 Å². The number of ether oxygens (including phenoxy) is 1. The Hall–Kier alpha value is -5.17. The maximum absolute atomic E-state index is 5.36. The number of fused-ring (bicyclic) bond motifs is 4. The number of hydrogen-bond acceptors (Lipinski definition) is 6. The van der Waals surface area contributed by atoms with Gasteiger partial charge < -0.3 is 15.0 Å². The van der Waals surface area contributed by atoms with E-state index in [2.05, 4.69) is 78.7 Å². The van der Waals surface area contributed by atoms with Crippen LogP contribution in [0.25, 0.3) is 5.69 Å². The summed E-state index contributed by atoms with van der Waals surface area (Å²) in [5.41, 5.74) is 8.12. The lowest BCUT2D eigenvalue weighted by molar-refractivity contribution is 0.415. The molecule has 196 valence electrons. The van der Waals surface area contributed by atoms with Crippen LogP contribution in [-0.2, 0) is 0 Å². The van der Waals surface area contributed by atoms with Crippen molar-refractivity contribution in [2.75, 3.05) is 17.3 Å². The van der Waals surface area contributed by atoms with E-state index in [4.69, 9.17) is 19.8 Å². The Bertz CT molecular complexity index is 1770. The van der Waals surface area contributed by atoms with Gasteiger partial charge in [-0.15, -0.1) is 0 Å². The summed E-state index contributed by atoms with van der Waals surface area (Å²) < 4.78 is 7.31. The smallest absolute Gasteiger partial charge is 0.179 e. The zero-order valence-corrected chi connectivity index (χ0v) is 22.5. The van der Waals surface area contributed by atoms with Gasteiger partial charge in [-0.1, -0.05) is 60.2 Å². The van der Waals surface area contributed by atoms with E-state index in [0.717, 1.165) is 57.0 Å². The molecule has 7 nitrogen and oxygen atoms in total. The van der Waals surface area contributed by atoms with E-state index in [-0.39, 0.29) is 6.04 Å². The fourth-order valence-electron chi connectivity index (χ4n) is 5.43. The second kappa shape index (κ2) is 9.54. The Morgan fingerprint density at radius 1 is 0.775 bits per heavy atom. The van der Waals surface area contributed by atoms with Crippen LogP contribution in [0.4, 0.5) is 22.9 Å². The lowest BCUT2D eigenvalue weighted by Gasteiger charge is -2.40. The molecule has 1 aromatic heterocycles. The highest BCUT2D eigenvalue weighted by Gasteiger charge is 2.41. The number of hydrogen-bond donors (Lipinski definition) is 1. The number of aryl methyl sites for hydroxylation is 2. The molecule has 0 aliphatic carbocycles. The predicted molar refractivity (Wildman–Crippen MR) is 161 cm³/mol. The van der Waals surface area contributed by atoms with Gasteiger partial charge in [0.05, 0.1) is 35.9 Å². The van der Waals surface area contributed by atoms with Crippen LogP contribution in [0, 0.1) is 13.8 Å². The Balaban J connectivity index is 1.47. The topological polar surface area (TPSA) is 67.0 Å². The molecule has 0 bridgehead atoms. The number of anilines is 2. The summed E-state index contributed by atoms with van der Waals surface area (Å²) in [5.74, 6) is 3.02. The van der Waals surface area contributed by atoms with E-state index >= 15 is 0 Å². The SMILES string of the molecule is COc1ccc(NC2=Nc3ccccc3N3C2=Nc2c(c(C)nn2-c2ccc(C)cc2)C3c2ccccc2)cc1. The molecular formula is C33H28N6O. The van der Waals surface area contributed by atoms with E-state index < -0.39 is 0 Å².